The van der Waals surface area contributed by atoms with Crippen LogP contribution >= 0.6 is 0 Å². The molecule has 106 valence electrons. The van der Waals surface area contributed by atoms with Crippen LogP contribution in [0, 0.1) is 20.8 Å². The van der Waals surface area contributed by atoms with Crippen LogP contribution < -0.4 is 10.1 Å². The number of rotatable bonds is 3. The van der Waals surface area contributed by atoms with E-state index in [-0.39, 0.29) is 11.4 Å². The number of hydrogen-bond acceptors (Lipinski definition) is 2. The highest BCUT2D eigenvalue weighted by molar-refractivity contribution is 5.80. The van der Waals surface area contributed by atoms with Gasteiger partial charge in [0.15, 0.2) is 0 Å². The molecule has 0 heterocycles. The van der Waals surface area contributed by atoms with Crippen molar-refractivity contribution in [3.8, 4) is 5.75 Å². The average molecular weight is 263 g/mol. The molecule has 1 rings (SSSR count). The predicted octanol–water partition coefficient (Wildman–Crippen LogP) is 3.08. The zero-order chi connectivity index (χ0) is 14.8. The number of ether oxygens (including phenoxy) is 1. The molecule has 0 aliphatic heterocycles. The summed E-state index contributed by atoms with van der Waals surface area (Å²) < 4.78 is 5.40. The molecule has 1 aromatic carbocycles. The molecule has 1 N–H and O–H groups in total. The first kappa shape index (κ1) is 15.5. The molecule has 3 nitrogen and oxygen atoms in total. The van der Waals surface area contributed by atoms with Gasteiger partial charge in [0, 0.05) is 5.54 Å². The first-order valence-electron chi connectivity index (χ1n) is 6.60. The minimum absolute atomic E-state index is 0.0552. The number of aryl methyl sites for hydroxylation is 1. The molecule has 1 amide bonds. The van der Waals surface area contributed by atoms with Crippen LogP contribution in [-0.2, 0) is 11.2 Å². The normalized spacial score (nSPS) is 11.3. The molecule has 19 heavy (non-hydrogen) atoms. The van der Waals surface area contributed by atoms with E-state index in [1.807, 2.05) is 47.6 Å². The number of hydrogen-bond donors (Lipinski definition) is 1. The molecular formula is C16H25NO2. The van der Waals surface area contributed by atoms with Crippen molar-refractivity contribution >= 4 is 5.91 Å². The van der Waals surface area contributed by atoms with E-state index in [4.69, 9.17) is 4.74 Å². The highest BCUT2D eigenvalue weighted by Crippen LogP contribution is 2.28. The number of amides is 1. The van der Waals surface area contributed by atoms with Gasteiger partial charge in [0.25, 0.3) is 0 Å². The van der Waals surface area contributed by atoms with Crippen molar-refractivity contribution in [3.63, 3.8) is 0 Å². The fourth-order valence-corrected chi connectivity index (χ4v) is 2.28. The van der Waals surface area contributed by atoms with E-state index in [9.17, 15) is 4.79 Å². The fraction of sp³-hybridized carbons (Fsp3) is 0.562. The average Bonchev–Trinajstić information content (AvgIpc) is 2.23. The van der Waals surface area contributed by atoms with E-state index >= 15 is 0 Å². The van der Waals surface area contributed by atoms with Crippen molar-refractivity contribution in [1.29, 1.82) is 0 Å². The molecule has 3 heteroatoms. The second-order valence-electron chi connectivity index (χ2n) is 6.11. The van der Waals surface area contributed by atoms with Crippen molar-refractivity contribution in [2.75, 3.05) is 7.11 Å². The molecule has 0 aliphatic carbocycles. The van der Waals surface area contributed by atoms with Gasteiger partial charge in [-0.1, -0.05) is 6.07 Å². The number of carbonyl (C=O) groups excluding carboxylic acids is 1. The molecule has 0 saturated carbocycles. The minimum Gasteiger partial charge on any atom is -0.496 e. The smallest absolute Gasteiger partial charge is 0.224 e. The van der Waals surface area contributed by atoms with Gasteiger partial charge in [0.2, 0.25) is 5.91 Å². The van der Waals surface area contributed by atoms with Gasteiger partial charge >= 0.3 is 0 Å². The molecule has 0 atom stereocenters. The lowest BCUT2D eigenvalue weighted by Crippen LogP contribution is -2.41. The number of methoxy groups -OCH3 is 1. The van der Waals surface area contributed by atoms with Crippen LogP contribution in [-0.4, -0.2) is 18.6 Å². The van der Waals surface area contributed by atoms with Gasteiger partial charge in [0.05, 0.1) is 13.5 Å². The summed E-state index contributed by atoms with van der Waals surface area (Å²) >= 11 is 0. The molecule has 0 radical (unpaired) electrons. The van der Waals surface area contributed by atoms with E-state index < -0.39 is 0 Å². The Balaban J connectivity index is 3.00. The topological polar surface area (TPSA) is 38.3 Å². The number of benzene rings is 1. The van der Waals surface area contributed by atoms with E-state index in [0.717, 1.165) is 28.0 Å². The van der Waals surface area contributed by atoms with Gasteiger partial charge < -0.3 is 10.1 Å². The van der Waals surface area contributed by atoms with E-state index in [1.54, 1.807) is 7.11 Å². The standard InChI is InChI=1S/C16H25NO2/c1-10-8-13(9-14(18)17-16(4,5)6)11(2)12(3)15(10)19-7/h8H,9H2,1-7H3,(H,17,18). The molecule has 0 saturated heterocycles. The van der Waals surface area contributed by atoms with Crippen LogP contribution in [0.5, 0.6) is 5.75 Å². The Labute approximate surface area is 116 Å². The molecule has 0 aromatic heterocycles. The van der Waals surface area contributed by atoms with Crippen LogP contribution in [0.1, 0.15) is 43.0 Å². The number of carbonyl (C=O) groups is 1. The molecule has 0 unspecified atom stereocenters. The zero-order valence-electron chi connectivity index (χ0n) is 13.1. The van der Waals surface area contributed by atoms with Crippen LogP contribution in [0.4, 0.5) is 0 Å². The summed E-state index contributed by atoms with van der Waals surface area (Å²) in [4.78, 5) is 12.0. The van der Waals surface area contributed by atoms with Crippen LogP contribution in [0.2, 0.25) is 0 Å². The quantitative estimate of drug-likeness (QED) is 0.910. The lowest BCUT2D eigenvalue weighted by atomic mass is 9.96. The largest absolute Gasteiger partial charge is 0.496 e. The third-order valence-corrected chi connectivity index (χ3v) is 3.20. The summed E-state index contributed by atoms with van der Waals surface area (Å²) in [7, 11) is 1.68. The van der Waals surface area contributed by atoms with Crippen molar-refractivity contribution in [3.05, 3.63) is 28.3 Å². The maximum atomic E-state index is 12.0. The molecular weight excluding hydrogens is 238 g/mol. The number of nitrogens with one attached hydrogen (secondary N) is 1. The minimum atomic E-state index is -0.193. The SMILES string of the molecule is COc1c(C)cc(CC(=O)NC(C)(C)C)c(C)c1C. The van der Waals surface area contributed by atoms with Gasteiger partial charge in [-0.25, -0.2) is 0 Å². The van der Waals surface area contributed by atoms with E-state index in [1.165, 1.54) is 0 Å². The summed E-state index contributed by atoms with van der Waals surface area (Å²) in [5, 5.41) is 2.99. The fourth-order valence-electron chi connectivity index (χ4n) is 2.28. The lowest BCUT2D eigenvalue weighted by molar-refractivity contribution is -0.121. The van der Waals surface area contributed by atoms with Gasteiger partial charge in [-0.15, -0.1) is 0 Å². The Morgan fingerprint density at radius 2 is 1.79 bits per heavy atom. The molecule has 0 bridgehead atoms. The summed E-state index contributed by atoms with van der Waals surface area (Å²) in [6, 6.07) is 2.05. The van der Waals surface area contributed by atoms with Gasteiger partial charge in [-0.3, -0.25) is 4.79 Å². The molecule has 0 spiro atoms. The van der Waals surface area contributed by atoms with Crippen molar-refractivity contribution in [2.45, 2.75) is 53.5 Å². The third kappa shape index (κ3) is 3.98. The highest BCUT2D eigenvalue weighted by Gasteiger charge is 2.17. The van der Waals surface area contributed by atoms with E-state index in [0.29, 0.717) is 6.42 Å². The van der Waals surface area contributed by atoms with Crippen molar-refractivity contribution in [2.24, 2.45) is 0 Å². The van der Waals surface area contributed by atoms with E-state index in [2.05, 4.69) is 5.32 Å². The van der Waals surface area contributed by atoms with Crippen molar-refractivity contribution in [1.82, 2.24) is 5.32 Å². The maximum absolute atomic E-state index is 12.0. The van der Waals surface area contributed by atoms with Crippen LogP contribution in [0.3, 0.4) is 0 Å². The Bertz CT molecular complexity index is 485. The zero-order valence-corrected chi connectivity index (χ0v) is 13.1. The second-order valence-corrected chi connectivity index (χ2v) is 6.11. The highest BCUT2D eigenvalue weighted by atomic mass is 16.5. The maximum Gasteiger partial charge on any atom is 0.224 e. The Morgan fingerprint density at radius 1 is 1.21 bits per heavy atom. The first-order chi connectivity index (χ1) is 8.65. The Morgan fingerprint density at radius 3 is 2.26 bits per heavy atom. The second kappa shape index (κ2) is 5.64. The summed E-state index contributed by atoms with van der Waals surface area (Å²) in [5.74, 6) is 0.969. The lowest BCUT2D eigenvalue weighted by Gasteiger charge is -2.21. The van der Waals surface area contributed by atoms with Gasteiger partial charge in [-0.2, -0.15) is 0 Å². The predicted molar refractivity (Wildman–Crippen MR) is 78.8 cm³/mol. The summed E-state index contributed by atoms with van der Waals surface area (Å²) in [5.41, 5.74) is 4.19. The third-order valence-electron chi connectivity index (χ3n) is 3.20. The van der Waals surface area contributed by atoms with Gasteiger partial charge in [0.1, 0.15) is 5.75 Å². The first-order valence-corrected chi connectivity index (χ1v) is 6.60. The summed E-state index contributed by atoms with van der Waals surface area (Å²) in [6.07, 6.45) is 0.411. The van der Waals surface area contributed by atoms with Gasteiger partial charge in [-0.05, 0) is 63.8 Å². The van der Waals surface area contributed by atoms with Crippen LogP contribution in [0.15, 0.2) is 6.07 Å². The monoisotopic (exact) mass is 263 g/mol. The Kier molecular flexibility index (Phi) is 4.61. The Hall–Kier alpha value is -1.51. The molecule has 0 fully saturated rings. The molecule has 0 aliphatic rings. The van der Waals surface area contributed by atoms with Crippen LogP contribution in [0.25, 0.3) is 0 Å². The molecule has 1 aromatic rings. The van der Waals surface area contributed by atoms with Crippen molar-refractivity contribution < 1.29 is 9.53 Å². The summed E-state index contributed by atoms with van der Waals surface area (Å²) in [6.45, 7) is 12.0.